The largest absolute Gasteiger partial charge is 0.469 e. The molecule has 0 bridgehead atoms. The van der Waals surface area contributed by atoms with Crippen molar-refractivity contribution in [2.45, 2.75) is 29.7 Å². The van der Waals surface area contributed by atoms with Gasteiger partial charge in [-0.15, -0.1) is 0 Å². The lowest BCUT2D eigenvalue weighted by atomic mass is 9.87. The first-order chi connectivity index (χ1) is 18.3. The van der Waals surface area contributed by atoms with Gasteiger partial charge >= 0.3 is 4.87 Å². The summed E-state index contributed by atoms with van der Waals surface area (Å²) in [5.41, 5.74) is 2.05. The van der Waals surface area contributed by atoms with Crippen molar-refractivity contribution in [1.29, 1.82) is 0 Å². The number of thioether (sulfide) groups is 1. The van der Waals surface area contributed by atoms with Gasteiger partial charge in [0.25, 0.3) is 0 Å². The predicted octanol–water partition coefficient (Wildman–Crippen LogP) is 4.90. The van der Waals surface area contributed by atoms with Crippen LogP contribution in [0.15, 0.2) is 81.2 Å². The monoisotopic (exact) mass is 565 g/mol. The number of halogens is 1. The van der Waals surface area contributed by atoms with Crippen molar-refractivity contribution in [3.63, 3.8) is 0 Å². The Kier molecular flexibility index (Phi) is 6.25. The summed E-state index contributed by atoms with van der Waals surface area (Å²) in [5, 5.41) is 3.03. The van der Waals surface area contributed by atoms with Crippen molar-refractivity contribution < 1.29 is 18.8 Å². The average molecular weight is 566 g/mol. The van der Waals surface area contributed by atoms with E-state index >= 15 is 0 Å². The van der Waals surface area contributed by atoms with Crippen molar-refractivity contribution in [1.82, 2.24) is 4.57 Å². The fourth-order valence-electron chi connectivity index (χ4n) is 4.94. The number of carbonyl (C=O) groups excluding carboxylic acids is 3. The number of nitrogens with zero attached hydrogens (tertiary/aromatic N) is 2. The van der Waals surface area contributed by atoms with Crippen LogP contribution in [0.3, 0.4) is 0 Å². The van der Waals surface area contributed by atoms with E-state index in [1.807, 2.05) is 25.1 Å². The molecule has 192 valence electrons. The number of hydrogen-bond acceptors (Lipinski definition) is 7. The number of anilines is 2. The molecule has 0 saturated carbocycles. The number of furan rings is 1. The molecule has 4 aromatic rings. The van der Waals surface area contributed by atoms with Crippen LogP contribution in [-0.2, 0) is 20.9 Å². The maximum Gasteiger partial charge on any atom is 0.308 e. The number of carbonyl (C=O) groups is 3. The summed E-state index contributed by atoms with van der Waals surface area (Å²) in [5.74, 6) is -2.05. The van der Waals surface area contributed by atoms with Crippen molar-refractivity contribution in [2.75, 3.05) is 10.2 Å². The van der Waals surface area contributed by atoms with Crippen LogP contribution < -0.4 is 15.1 Å². The summed E-state index contributed by atoms with van der Waals surface area (Å²) in [4.78, 5) is 54.8. The molecule has 11 heteroatoms. The van der Waals surface area contributed by atoms with E-state index in [-0.39, 0.29) is 29.1 Å². The third-order valence-electron chi connectivity index (χ3n) is 6.59. The number of nitrogens with one attached hydrogen (secondary N) is 1. The zero-order valence-corrected chi connectivity index (χ0v) is 22.3. The summed E-state index contributed by atoms with van der Waals surface area (Å²) in [6.45, 7) is 1.70. The van der Waals surface area contributed by atoms with Crippen molar-refractivity contribution in [2.24, 2.45) is 5.92 Å². The lowest BCUT2D eigenvalue weighted by Crippen LogP contribution is -2.32. The predicted molar refractivity (Wildman–Crippen MR) is 146 cm³/mol. The first-order valence-corrected chi connectivity index (χ1v) is 13.8. The Balaban J connectivity index is 1.38. The van der Waals surface area contributed by atoms with Crippen LogP contribution in [0, 0.1) is 12.8 Å². The van der Waals surface area contributed by atoms with Gasteiger partial charge in [0.1, 0.15) is 17.6 Å². The molecule has 4 heterocycles. The van der Waals surface area contributed by atoms with Crippen LogP contribution >= 0.6 is 34.7 Å². The first kappa shape index (κ1) is 24.7. The lowest BCUT2D eigenvalue weighted by Gasteiger charge is -2.29. The molecule has 38 heavy (non-hydrogen) atoms. The molecule has 3 atom stereocenters. The Morgan fingerprint density at radius 1 is 1.05 bits per heavy atom. The van der Waals surface area contributed by atoms with Crippen molar-refractivity contribution in [3.8, 4) is 0 Å². The zero-order valence-electron chi connectivity index (χ0n) is 19.9. The van der Waals surface area contributed by atoms with E-state index in [1.54, 1.807) is 42.5 Å². The third-order valence-corrected chi connectivity index (χ3v) is 9.44. The Labute approximate surface area is 230 Å². The molecule has 2 aliphatic rings. The SMILES string of the molecule is Cc1cccc(NC(=O)Cn2c3c(sc2=O)[C@@H](c2ccco2)[C@@H]2C(=O)N(c4ccc(Cl)cc4)C(=O)[C@@H]2S3)c1. The molecule has 2 aliphatic heterocycles. The van der Waals surface area contributed by atoms with Crippen LogP contribution in [0.5, 0.6) is 0 Å². The molecule has 3 amide bonds. The van der Waals surface area contributed by atoms with Crippen LogP contribution in [0.2, 0.25) is 5.02 Å². The minimum Gasteiger partial charge on any atom is -0.469 e. The summed E-state index contributed by atoms with van der Waals surface area (Å²) in [6, 6.07) is 17.3. The van der Waals surface area contributed by atoms with Crippen LogP contribution in [0.4, 0.5) is 11.4 Å². The van der Waals surface area contributed by atoms with Gasteiger partial charge in [-0.3, -0.25) is 23.7 Å². The molecule has 2 aromatic carbocycles. The highest BCUT2D eigenvalue weighted by molar-refractivity contribution is 8.00. The highest BCUT2D eigenvalue weighted by atomic mass is 35.5. The van der Waals surface area contributed by atoms with Gasteiger partial charge in [0.2, 0.25) is 17.7 Å². The molecule has 1 N–H and O–H groups in total. The summed E-state index contributed by atoms with van der Waals surface area (Å²) in [6.07, 6.45) is 1.50. The van der Waals surface area contributed by atoms with Gasteiger partial charge in [0, 0.05) is 10.7 Å². The maximum atomic E-state index is 13.7. The number of aryl methyl sites for hydroxylation is 1. The number of benzene rings is 2. The fraction of sp³-hybridized carbons (Fsp3) is 0.185. The van der Waals surface area contributed by atoms with Crippen molar-refractivity contribution in [3.05, 3.63) is 97.8 Å². The van der Waals surface area contributed by atoms with E-state index in [4.69, 9.17) is 16.0 Å². The molecule has 1 saturated heterocycles. The van der Waals surface area contributed by atoms with Gasteiger partial charge in [-0.05, 0) is 61.0 Å². The zero-order chi connectivity index (χ0) is 26.6. The number of amides is 3. The second kappa shape index (κ2) is 9.61. The highest BCUT2D eigenvalue weighted by Gasteiger charge is 2.57. The van der Waals surface area contributed by atoms with E-state index < -0.39 is 17.1 Å². The molecular weight excluding hydrogens is 546 g/mol. The molecule has 2 aromatic heterocycles. The van der Waals surface area contributed by atoms with Gasteiger partial charge in [-0.1, -0.05) is 46.8 Å². The second-order valence-electron chi connectivity index (χ2n) is 9.09. The van der Waals surface area contributed by atoms with Gasteiger partial charge in [0.05, 0.1) is 33.7 Å². The number of rotatable bonds is 5. The van der Waals surface area contributed by atoms with E-state index in [9.17, 15) is 19.2 Å². The Hall–Kier alpha value is -3.60. The standard InChI is InChI=1S/C27H20ClN3O5S2/c1-14-4-2-5-16(12-14)29-19(32)13-30-26-23(38-27(30)35)20(18-6-3-11-36-18)21-22(37-26)25(34)31(24(21)33)17-9-7-15(28)8-10-17/h2-12,20-22H,13H2,1H3,(H,29,32)/t20-,21-,22+/m0/s1. The van der Waals surface area contributed by atoms with Gasteiger partial charge in [-0.2, -0.15) is 0 Å². The average Bonchev–Trinajstić information content (AvgIpc) is 3.58. The van der Waals surface area contributed by atoms with E-state index in [1.165, 1.54) is 15.7 Å². The minimum absolute atomic E-state index is 0.225. The van der Waals surface area contributed by atoms with Gasteiger partial charge < -0.3 is 9.73 Å². The quantitative estimate of drug-likeness (QED) is 0.345. The Bertz CT molecular complexity index is 1630. The first-order valence-electron chi connectivity index (χ1n) is 11.8. The van der Waals surface area contributed by atoms with E-state index in [0.717, 1.165) is 28.7 Å². The molecule has 1 fully saturated rings. The van der Waals surface area contributed by atoms with E-state index in [2.05, 4.69) is 5.32 Å². The lowest BCUT2D eigenvalue weighted by molar-refractivity contribution is -0.122. The summed E-state index contributed by atoms with van der Waals surface area (Å²) >= 11 is 8.14. The number of thiazole rings is 1. The molecular formula is C27H20ClN3O5S2. The van der Waals surface area contributed by atoms with Gasteiger partial charge in [0.15, 0.2) is 0 Å². The third kappa shape index (κ3) is 4.18. The van der Waals surface area contributed by atoms with Crippen LogP contribution in [-0.4, -0.2) is 27.5 Å². The maximum absolute atomic E-state index is 13.7. The number of hydrogen-bond donors (Lipinski definition) is 1. The fourth-order valence-corrected chi connectivity index (χ4v) is 7.82. The molecule has 0 unspecified atom stereocenters. The molecule has 0 radical (unpaired) electrons. The minimum atomic E-state index is -0.791. The molecule has 0 aliphatic carbocycles. The Morgan fingerprint density at radius 3 is 2.55 bits per heavy atom. The van der Waals surface area contributed by atoms with Crippen LogP contribution in [0.1, 0.15) is 22.1 Å². The van der Waals surface area contributed by atoms with Gasteiger partial charge in [-0.25, -0.2) is 4.90 Å². The topological polar surface area (TPSA) is 102 Å². The summed E-state index contributed by atoms with van der Waals surface area (Å²) in [7, 11) is 0. The summed E-state index contributed by atoms with van der Waals surface area (Å²) < 4.78 is 7.09. The molecule has 6 rings (SSSR count). The molecule has 0 spiro atoms. The number of aromatic nitrogens is 1. The Morgan fingerprint density at radius 2 is 1.84 bits per heavy atom. The molecule has 8 nitrogen and oxygen atoms in total. The normalized spacial score (nSPS) is 20.4. The number of fused-ring (bicyclic) bond motifs is 2. The van der Waals surface area contributed by atoms with E-state index in [0.29, 0.717) is 32.1 Å². The van der Waals surface area contributed by atoms with Crippen LogP contribution in [0.25, 0.3) is 0 Å². The highest BCUT2D eigenvalue weighted by Crippen LogP contribution is 2.53. The van der Waals surface area contributed by atoms with Crippen molar-refractivity contribution >= 4 is 63.8 Å². The smallest absolute Gasteiger partial charge is 0.308 e. The second-order valence-corrected chi connectivity index (χ2v) is 11.6. The number of imide groups is 1.